The maximum Gasteiger partial charge on any atom is 0.422 e. The summed E-state index contributed by atoms with van der Waals surface area (Å²) in [5.74, 6) is 1.07. The van der Waals surface area contributed by atoms with Crippen molar-refractivity contribution in [3.63, 3.8) is 0 Å². The fourth-order valence-corrected chi connectivity index (χ4v) is 2.99. The van der Waals surface area contributed by atoms with E-state index in [1.165, 1.54) is 11.6 Å². The highest BCUT2D eigenvalue weighted by atomic mass is 19.4. The number of fused-ring (bicyclic) bond motifs is 1. The molecule has 0 saturated heterocycles. The molecule has 4 nitrogen and oxygen atoms in total. The standard InChI is InChI=1S/C21H23F3N2O2/c1-2-27-18-6-7-20-19(11-18)16(13-26-20)8-9-25-12-15-4-3-5-17(10-15)28-14-21(22,23)24/h3-7,10-11,13,25-26H,2,8-9,12,14H2,1H3. The summed E-state index contributed by atoms with van der Waals surface area (Å²) in [6.45, 7) is 2.58. The first-order valence-electron chi connectivity index (χ1n) is 9.16. The molecule has 0 bridgehead atoms. The van der Waals surface area contributed by atoms with Crippen LogP contribution >= 0.6 is 0 Å². The number of hydrogen-bond acceptors (Lipinski definition) is 3. The molecule has 0 aliphatic heterocycles. The molecule has 1 heterocycles. The Kier molecular flexibility index (Phi) is 6.46. The van der Waals surface area contributed by atoms with Gasteiger partial charge in [-0.05, 0) is 61.3 Å². The molecule has 150 valence electrons. The van der Waals surface area contributed by atoms with E-state index in [0.29, 0.717) is 13.2 Å². The Bertz CT molecular complexity index is 906. The zero-order chi connectivity index (χ0) is 20.0. The van der Waals surface area contributed by atoms with Gasteiger partial charge in [0.2, 0.25) is 0 Å². The molecule has 3 aromatic rings. The fourth-order valence-electron chi connectivity index (χ4n) is 2.99. The van der Waals surface area contributed by atoms with Crippen molar-refractivity contribution < 1.29 is 22.6 Å². The van der Waals surface area contributed by atoms with Gasteiger partial charge in [-0.25, -0.2) is 0 Å². The van der Waals surface area contributed by atoms with Crippen molar-refractivity contribution in [2.45, 2.75) is 26.1 Å². The van der Waals surface area contributed by atoms with Crippen LogP contribution in [0.4, 0.5) is 13.2 Å². The average molecular weight is 392 g/mol. The van der Waals surface area contributed by atoms with E-state index in [9.17, 15) is 13.2 Å². The van der Waals surface area contributed by atoms with E-state index in [2.05, 4.69) is 10.3 Å². The minimum atomic E-state index is -4.34. The summed E-state index contributed by atoms with van der Waals surface area (Å²) in [5.41, 5.74) is 3.12. The highest BCUT2D eigenvalue weighted by Gasteiger charge is 2.28. The minimum absolute atomic E-state index is 0.219. The molecule has 0 fully saturated rings. The van der Waals surface area contributed by atoms with Crippen LogP contribution in [0.2, 0.25) is 0 Å². The van der Waals surface area contributed by atoms with Crippen molar-refractivity contribution in [3.05, 3.63) is 59.8 Å². The van der Waals surface area contributed by atoms with E-state index in [-0.39, 0.29) is 5.75 Å². The van der Waals surface area contributed by atoms with E-state index in [4.69, 9.17) is 9.47 Å². The molecule has 2 aromatic carbocycles. The van der Waals surface area contributed by atoms with Crippen molar-refractivity contribution in [3.8, 4) is 11.5 Å². The monoisotopic (exact) mass is 392 g/mol. The number of rotatable bonds is 9. The highest BCUT2D eigenvalue weighted by molar-refractivity contribution is 5.84. The topological polar surface area (TPSA) is 46.3 Å². The van der Waals surface area contributed by atoms with Gasteiger partial charge in [0, 0.05) is 23.6 Å². The van der Waals surface area contributed by atoms with Crippen LogP contribution < -0.4 is 14.8 Å². The number of halogens is 3. The zero-order valence-electron chi connectivity index (χ0n) is 15.6. The Morgan fingerprint density at radius 2 is 1.86 bits per heavy atom. The van der Waals surface area contributed by atoms with Crippen molar-refractivity contribution in [2.75, 3.05) is 19.8 Å². The summed E-state index contributed by atoms with van der Waals surface area (Å²) in [6.07, 6.45) is -1.52. The molecule has 0 spiro atoms. The summed E-state index contributed by atoms with van der Waals surface area (Å²) in [5, 5.41) is 4.46. The van der Waals surface area contributed by atoms with Crippen LogP contribution in [-0.4, -0.2) is 30.9 Å². The van der Waals surface area contributed by atoms with Crippen LogP contribution in [0.1, 0.15) is 18.1 Å². The normalized spacial score (nSPS) is 11.7. The lowest BCUT2D eigenvalue weighted by Gasteiger charge is -2.10. The predicted molar refractivity (Wildman–Crippen MR) is 103 cm³/mol. The summed E-state index contributed by atoms with van der Waals surface area (Å²) in [6, 6.07) is 12.7. The fraction of sp³-hybridized carbons (Fsp3) is 0.333. The predicted octanol–water partition coefficient (Wildman–Crippen LogP) is 4.84. The Morgan fingerprint density at radius 1 is 1.04 bits per heavy atom. The molecule has 3 rings (SSSR count). The van der Waals surface area contributed by atoms with Gasteiger partial charge in [-0.2, -0.15) is 13.2 Å². The Balaban J connectivity index is 1.52. The van der Waals surface area contributed by atoms with Gasteiger partial charge in [-0.3, -0.25) is 0 Å². The van der Waals surface area contributed by atoms with Gasteiger partial charge in [-0.15, -0.1) is 0 Å². The molecule has 7 heteroatoms. The smallest absolute Gasteiger partial charge is 0.422 e. The molecule has 0 aliphatic rings. The molecular formula is C21H23F3N2O2. The van der Waals surface area contributed by atoms with Gasteiger partial charge in [0.1, 0.15) is 11.5 Å². The summed E-state index contributed by atoms with van der Waals surface area (Å²) >= 11 is 0. The van der Waals surface area contributed by atoms with Gasteiger partial charge < -0.3 is 19.8 Å². The lowest BCUT2D eigenvalue weighted by Crippen LogP contribution is -2.19. The molecule has 0 amide bonds. The third-order valence-corrected chi connectivity index (χ3v) is 4.25. The molecule has 2 N–H and O–H groups in total. The SMILES string of the molecule is CCOc1ccc2[nH]cc(CCNCc3cccc(OCC(F)(F)F)c3)c2c1. The van der Waals surface area contributed by atoms with Crippen LogP contribution in [0, 0.1) is 0 Å². The Morgan fingerprint density at radius 3 is 2.64 bits per heavy atom. The number of nitrogens with one attached hydrogen (secondary N) is 2. The average Bonchev–Trinajstić information content (AvgIpc) is 3.06. The van der Waals surface area contributed by atoms with E-state index in [0.717, 1.165) is 35.2 Å². The number of alkyl halides is 3. The largest absolute Gasteiger partial charge is 0.494 e. The van der Waals surface area contributed by atoms with Gasteiger partial charge in [0.15, 0.2) is 6.61 Å². The minimum Gasteiger partial charge on any atom is -0.494 e. The Labute approximate surface area is 161 Å². The van der Waals surface area contributed by atoms with E-state index in [1.807, 2.05) is 37.4 Å². The first kappa shape index (κ1) is 20.1. The second-order valence-electron chi connectivity index (χ2n) is 6.43. The number of aromatic amines is 1. The van der Waals surface area contributed by atoms with Gasteiger partial charge in [-0.1, -0.05) is 12.1 Å². The number of aromatic nitrogens is 1. The van der Waals surface area contributed by atoms with Gasteiger partial charge in [0.25, 0.3) is 0 Å². The highest BCUT2D eigenvalue weighted by Crippen LogP contribution is 2.24. The van der Waals surface area contributed by atoms with Crippen LogP contribution in [-0.2, 0) is 13.0 Å². The summed E-state index contributed by atoms with van der Waals surface area (Å²) in [7, 11) is 0. The first-order chi connectivity index (χ1) is 13.4. The van der Waals surface area contributed by atoms with Crippen molar-refractivity contribution in [1.29, 1.82) is 0 Å². The number of ether oxygens (including phenoxy) is 2. The van der Waals surface area contributed by atoms with E-state index < -0.39 is 12.8 Å². The third-order valence-electron chi connectivity index (χ3n) is 4.25. The van der Waals surface area contributed by atoms with E-state index >= 15 is 0 Å². The maximum atomic E-state index is 12.3. The summed E-state index contributed by atoms with van der Waals surface area (Å²) < 4.78 is 47.1. The van der Waals surface area contributed by atoms with Crippen molar-refractivity contribution in [2.24, 2.45) is 0 Å². The number of benzene rings is 2. The molecule has 1 aromatic heterocycles. The van der Waals surface area contributed by atoms with Gasteiger partial charge in [0.05, 0.1) is 6.61 Å². The molecule has 0 atom stereocenters. The molecular weight excluding hydrogens is 369 g/mol. The zero-order valence-corrected chi connectivity index (χ0v) is 15.6. The van der Waals surface area contributed by atoms with Crippen molar-refractivity contribution in [1.82, 2.24) is 10.3 Å². The molecule has 0 radical (unpaired) electrons. The second-order valence-corrected chi connectivity index (χ2v) is 6.43. The quantitative estimate of drug-likeness (QED) is 0.512. The lowest BCUT2D eigenvalue weighted by molar-refractivity contribution is -0.153. The van der Waals surface area contributed by atoms with Gasteiger partial charge >= 0.3 is 6.18 Å². The molecule has 0 saturated carbocycles. The van der Waals surface area contributed by atoms with Crippen LogP contribution in [0.5, 0.6) is 11.5 Å². The first-order valence-corrected chi connectivity index (χ1v) is 9.16. The maximum absolute atomic E-state index is 12.3. The van der Waals surface area contributed by atoms with E-state index in [1.54, 1.807) is 12.1 Å². The number of H-pyrrole nitrogens is 1. The molecule has 0 unspecified atom stereocenters. The third kappa shape index (κ3) is 5.66. The van der Waals surface area contributed by atoms with Crippen LogP contribution in [0.25, 0.3) is 10.9 Å². The summed E-state index contributed by atoms with van der Waals surface area (Å²) in [4.78, 5) is 3.26. The number of hydrogen-bond donors (Lipinski definition) is 2. The molecule has 28 heavy (non-hydrogen) atoms. The second kappa shape index (κ2) is 9.01. The Hall–Kier alpha value is -2.67. The van der Waals surface area contributed by atoms with Crippen LogP contribution in [0.3, 0.4) is 0 Å². The van der Waals surface area contributed by atoms with Crippen molar-refractivity contribution >= 4 is 10.9 Å². The van der Waals surface area contributed by atoms with Crippen LogP contribution in [0.15, 0.2) is 48.7 Å². The lowest BCUT2D eigenvalue weighted by atomic mass is 10.1. The molecule has 0 aliphatic carbocycles.